The third-order valence-corrected chi connectivity index (χ3v) is 2.67. The van der Waals surface area contributed by atoms with Gasteiger partial charge in [0.15, 0.2) is 0 Å². The Morgan fingerprint density at radius 3 is 2.82 bits per heavy atom. The number of rotatable bonds is 6. The van der Waals surface area contributed by atoms with Crippen molar-refractivity contribution in [2.24, 2.45) is 0 Å². The summed E-state index contributed by atoms with van der Waals surface area (Å²) in [6.45, 7) is 1.42. The summed E-state index contributed by atoms with van der Waals surface area (Å²) >= 11 is 0. The van der Waals surface area contributed by atoms with Gasteiger partial charge in [-0.25, -0.2) is 0 Å². The van der Waals surface area contributed by atoms with Gasteiger partial charge in [0.2, 0.25) is 0 Å². The zero-order valence-electron chi connectivity index (χ0n) is 10.7. The highest BCUT2D eigenvalue weighted by Crippen LogP contribution is 2.21. The summed E-state index contributed by atoms with van der Waals surface area (Å²) < 4.78 is 5.24. The molecule has 1 atom stereocenters. The minimum absolute atomic E-state index is 0.290. The van der Waals surface area contributed by atoms with Gasteiger partial charge >= 0.3 is 0 Å². The van der Waals surface area contributed by atoms with Gasteiger partial charge in [0.05, 0.1) is 13.7 Å². The van der Waals surface area contributed by atoms with Crippen LogP contribution in [-0.4, -0.2) is 39.2 Å². The molecular weight excluding hydrogens is 212 g/mol. The minimum atomic E-state index is 0.290. The third-order valence-electron chi connectivity index (χ3n) is 2.67. The lowest BCUT2D eigenvalue weighted by Crippen LogP contribution is -2.31. The number of hydrogen-bond acceptors (Lipinski definition) is 3. The van der Waals surface area contributed by atoms with Gasteiger partial charge in [-0.05, 0) is 31.8 Å². The van der Waals surface area contributed by atoms with Crippen molar-refractivity contribution in [1.29, 1.82) is 0 Å². The normalized spacial score (nSPS) is 12.2. The lowest BCUT2D eigenvalue weighted by Gasteiger charge is -2.25. The van der Waals surface area contributed by atoms with E-state index in [9.17, 15) is 0 Å². The van der Waals surface area contributed by atoms with Crippen LogP contribution in [0.2, 0.25) is 0 Å². The van der Waals surface area contributed by atoms with Crippen molar-refractivity contribution in [1.82, 2.24) is 10.2 Å². The van der Waals surface area contributed by atoms with Crippen molar-refractivity contribution >= 4 is 0 Å². The lowest BCUT2D eigenvalue weighted by atomic mass is 10.1. The van der Waals surface area contributed by atoms with E-state index in [-0.39, 0.29) is 0 Å². The van der Waals surface area contributed by atoms with Gasteiger partial charge in [-0.15, -0.1) is 6.42 Å². The first kappa shape index (κ1) is 13.6. The highest BCUT2D eigenvalue weighted by molar-refractivity contribution is 5.30. The predicted octanol–water partition coefficient (Wildman–Crippen LogP) is 1.52. The van der Waals surface area contributed by atoms with Gasteiger partial charge < -0.3 is 15.0 Å². The van der Waals surface area contributed by atoms with E-state index in [1.54, 1.807) is 7.11 Å². The number of methoxy groups -OCH3 is 1. The molecule has 3 nitrogen and oxygen atoms in total. The van der Waals surface area contributed by atoms with Crippen LogP contribution < -0.4 is 10.1 Å². The highest BCUT2D eigenvalue weighted by Gasteiger charge is 2.13. The summed E-state index contributed by atoms with van der Waals surface area (Å²) in [6.07, 6.45) is 5.23. The lowest BCUT2D eigenvalue weighted by molar-refractivity contribution is 0.291. The van der Waals surface area contributed by atoms with E-state index in [2.05, 4.69) is 42.4 Å². The molecule has 0 fully saturated rings. The average Bonchev–Trinajstić information content (AvgIpc) is 2.34. The van der Waals surface area contributed by atoms with Crippen LogP contribution in [0.4, 0.5) is 0 Å². The molecule has 0 saturated heterocycles. The van der Waals surface area contributed by atoms with Gasteiger partial charge in [0.1, 0.15) is 5.75 Å². The van der Waals surface area contributed by atoms with Crippen LogP contribution in [0.25, 0.3) is 0 Å². The molecule has 0 heterocycles. The largest absolute Gasteiger partial charge is 0.497 e. The molecule has 17 heavy (non-hydrogen) atoms. The van der Waals surface area contributed by atoms with Crippen LogP contribution in [-0.2, 0) is 0 Å². The SMILES string of the molecule is C#CCNCC(c1cccc(OC)c1)N(C)C. The van der Waals surface area contributed by atoms with Crippen molar-refractivity contribution in [2.75, 3.05) is 34.3 Å². The predicted molar refractivity (Wildman–Crippen MR) is 71.1 cm³/mol. The second-order valence-electron chi connectivity index (χ2n) is 4.09. The zero-order valence-corrected chi connectivity index (χ0v) is 10.7. The van der Waals surface area contributed by atoms with Crippen molar-refractivity contribution < 1.29 is 4.74 Å². The molecule has 0 saturated carbocycles. The Labute approximate surface area is 104 Å². The molecule has 92 valence electrons. The first-order chi connectivity index (χ1) is 8.19. The molecule has 0 aliphatic carbocycles. The second-order valence-corrected chi connectivity index (χ2v) is 4.09. The van der Waals surface area contributed by atoms with Crippen LogP contribution >= 0.6 is 0 Å². The van der Waals surface area contributed by atoms with E-state index >= 15 is 0 Å². The van der Waals surface area contributed by atoms with Crippen molar-refractivity contribution in [3.63, 3.8) is 0 Å². The van der Waals surface area contributed by atoms with Crippen LogP contribution in [0.1, 0.15) is 11.6 Å². The summed E-state index contributed by atoms with van der Waals surface area (Å²) in [6, 6.07) is 8.41. The first-order valence-electron chi connectivity index (χ1n) is 5.63. The topological polar surface area (TPSA) is 24.5 Å². The fourth-order valence-corrected chi connectivity index (χ4v) is 1.73. The molecule has 1 unspecified atom stereocenters. The van der Waals surface area contributed by atoms with E-state index in [1.807, 2.05) is 12.1 Å². The fraction of sp³-hybridized carbons (Fsp3) is 0.429. The molecule has 3 heteroatoms. The van der Waals surface area contributed by atoms with Gasteiger partial charge in [0.25, 0.3) is 0 Å². The summed E-state index contributed by atoms with van der Waals surface area (Å²) in [5.74, 6) is 3.46. The number of nitrogens with one attached hydrogen (secondary N) is 1. The molecule has 0 amide bonds. The number of likely N-dealkylation sites (N-methyl/N-ethyl adjacent to an activating group) is 1. The quantitative estimate of drug-likeness (QED) is 0.594. The number of hydrogen-bond donors (Lipinski definition) is 1. The third kappa shape index (κ3) is 4.10. The molecule has 1 aromatic rings. The number of benzene rings is 1. The molecular formula is C14H20N2O. The Balaban J connectivity index is 2.78. The summed E-state index contributed by atoms with van der Waals surface area (Å²) in [7, 11) is 5.80. The average molecular weight is 232 g/mol. The van der Waals surface area contributed by atoms with Crippen molar-refractivity contribution in [3.8, 4) is 18.1 Å². The highest BCUT2D eigenvalue weighted by atomic mass is 16.5. The molecule has 0 bridgehead atoms. The van der Waals surface area contributed by atoms with Crippen LogP contribution in [0.3, 0.4) is 0 Å². The van der Waals surface area contributed by atoms with Crippen LogP contribution in [0.5, 0.6) is 5.75 Å². The van der Waals surface area contributed by atoms with Crippen molar-refractivity contribution in [2.45, 2.75) is 6.04 Å². The van der Waals surface area contributed by atoms with E-state index < -0.39 is 0 Å². The second kappa shape index (κ2) is 6.95. The Morgan fingerprint density at radius 1 is 1.47 bits per heavy atom. The van der Waals surface area contributed by atoms with E-state index in [0.29, 0.717) is 12.6 Å². The number of nitrogens with zero attached hydrogens (tertiary/aromatic N) is 1. The maximum atomic E-state index is 5.24. The van der Waals surface area contributed by atoms with Crippen LogP contribution in [0, 0.1) is 12.3 Å². The molecule has 0 radical (unpaired) electrons. The fourth-order valence-electron chi connectivity index (χ4n) is 1.73. The summed E-state index contributed by atoms with van der Waals surface area (Å²) in [5.41, 5.74) is 1.22. The Morgan fingerprint density at radius 2 is 2.24 bits per heavy atom. The molecule has 0 aliphatic rings. The van der Waals surface area contributed by atoms with E-state index in [0.717, 1.165) is 12.3 Å². The van der Waals surface area contributed by atoms with Crippen LogP contribution in [0.15, 0.2) is 24.3 Å². The molecule has 1 aromatic carbocycles. The summed E-state index contributed by atoms with van der Waals surface area (Å²) in [4.78, 5) is 2.16. The van der Waals surface area contributed by atoms with Gasteiger partial charge in [-0.1, -0.05) is 18.1 Å². The Bertz CT molecular complexity index is 382. The Hall–Kier alpha value is -1.50. The van der Waals surface area contributed by atoms with Crippen molar-refractivity contribution in [3.05, 3.63) is 29.8 Å². The summed E-state index contributed by atoms with van der Waals surface area (Å²) in [5, 5.41) is 3.23. The standard InChI is InChI=1S/C14H20N2O/c1-5-9-15-11-14(16(2)3)12-7-6-8-13(10-12)17-4/h1,6-8,10,14-15H,9,11H2,2-4H3. The minimum Gasteiger partial charge on any atom is -0.497 e. The molecule has 1 N–H and O–H groups in total. The zero-order chi connectivity index (χ0) is 12.7. The first-order valence-corrected chi connectivity index (χ1v) is 5.63. The maximum Gasteiger partial charge on any atom is 0.119 e. The monoisotopic (exact) mass is 232 g/mol. The molecule has 0 aromatic heterocycles. The smallest absolute Gasteiger partial charge is 0.119 e. The molecule has 0 spiro atoms. The van der Waals surface area contributed by atoms with Gasteiger partial charge in [0, 0.05) is 12.6 Å². The van der Waals surface area contributed by atoms with Gasteiger partial charge in [-0.2, -0.15) is 0 Å². The Kier molecular flexibility index (Phi) is 5.55. The van der Waals surface area contributed by atoms with E-state index in [4.69, 9.17) is 11.2 Å². The number of terminal acetylenes is 1. The molecule has 1 rings (SSSR count). The number of ether oxygens (including phenoxy) is 1. The molecule has 0 aliphatic heterocycles. The van der Waals surface area contributed by atoms with E-state index in [1.165, 1.54) is 5.56 Å². The van der Waals surface area contributed by atoms with Gasteiger partial charge in [-0.3, -0.25) is 0 Å². The maximum absolute atomic E-state index is 5.24.